The van der Waals surface area contributed by atoms with E-state index in [1.165, 1.54) is 36.9 Å². The predicted octanol–water partition coefficient (Wildman–Crippen LogP) is 0.298. The average Bonchev–Trinajstić information content (AvgIpc) is 3.34. The van der Waals surface area contributed by atoms with Gasteiger partial charge in [0.25, 0.3) is 0 Å². The lowest BCUT2D eigenvalue weighted by atomic mass is 9.87. The van der Waals surface area contributed by atoms with E-state index in [-0.39, 0.29) is 22.6 Å². The molecule has 2 aliphatic rings. The molecule has 7 N–H and O–H groups in total. The fraction of sp³-hybridized carbons (Fsp3) is 0.545. The van der Waals surface area contributed by atoms with E-state index in [0.29, 0.717) is 18.7 Å². The van der Waals surface area contributed by atoms with Crippen molar-refractivity contribution < 1.29 is 39.6 Å². The number of aliphatic hydroxyl groups excluding tert-OH is 1. The highest BCUT2D eigenvalue weighted by Crippen LogP contribution is 2.39. The van der Waals surface area contributed by atoms with Crippen LogP contribution in [0.5, 0.6) is 0 Å². The van der Waals surface area contributed by atoms with Crippen molar-refractivity contribution in [2.45, 2.75) is 55.0 Å². The molecule has 0 saturated carbocycles. The van der Waals surface area contributed by atoms with E-state index < -0.39 is 53.3 Å². The van der Waals surface area contributed by atoms with Crippen LogP contribution in [0.1, 0.15) is 30.6 Å². The quantitative estimate of drug-likeness (QED) is 0.250. The summed E-state index contributed by atoms with van der Waals surface area (Å²) in [4.78, 5) is 47.4. The van der Waals surface area contributed by atoms with E-state index in [2.05, 4.69) is 16.0 Å². The number of anilines is 1. The first kappa shape index (κ1) is 25.9. The van der Waals surface area contributed by atoms with E-state index in [4.69, 9.17) is 5.11 Å². The molecule has 0 bridgehead atoms. The Labute approximate surface area is 200 Å². The van der Waals surface area contributed by atoms with Gasteiger partial charge in [0.05, 0.1) is 23.6 Å². The summed E-state index contributed by atoms with van der Waals surface area (Å²) in [7, 11) is 0. The zero-order valence-corrected chi connectivity index (χ0v) is 19.5. The molecule has 0 aliphatic carbocycles. The highest BCUT2D eigenvalue weighted by Gasteiger charge is 2.51. The molecule has 0 radical (unpaired) electrons. The van der Waals surface area contributed by atoms with Gasteiger partial charge in [-0.25, -0.2) is 4.79 Å². The smallest absolute Gasteiger partial charge is 0.335 e. The molecule has 1 unspecified atom stereocenters. The Balaban J connectivity index is 1.64. The molecule has 3 rings (SSSR count). The van der Waals surface area contributed by atoms with Crippen LogP contribution in [0.15, 0.2) is 24.3 Å². The number of benzene rings is 1. The summed E-state index contributed by atoms with van der Waals surface area (Å²) in [6, 6.07) is 3.67. The Morgan fingerprint density at radius 1 is 1.18 bits per heavy atom. The van der Waals surface area contributed by atoms with Crippen LogP contribution >= 0.6 is 11.8 Å². The molecule has 1 aromatic carbocycles. The molecular formula is C22H29N3O8S. The number of aliphatic carboxylic acids is 2. The summed E-state index contributed by atoms with van der Waals surface area (Å²) >= 11 is 1.40. The molecule has 1 amide bonds. The number of hydrogen-bond donors (Lipinski definition) is 7. The van der Waals surface area contributed by atoms with Crippen molar-refractivity contribution in [3.63, 3.8) is 0 Å². The normalized spacial score (nSPS) is 30.4. The van der Waals surface area contributed by atoms with Gasteiger partial charge in [0, 0.05) is 28.8 Å². The number of nitrogens with one attached hydrogen (secondary N) is 3. The zero-order chi connectivity index (χ0) is 25.2. The van der Waals surface area contributed by atoms with Crippen LogP contribution in [-0.4, -0.2) is 85.5 Å². The SMILES string of the molecule is C[C@@H]1[C@H]([C@H](C(=O)O)[C@@H](C)O)NC(C(=O)O)[C@@H]1S[C@@H]1CN[C@H](C(=O)Nc2cccc(C(=O)O)c2)C1. The zero-order valence-electron chi connectivity index (χ0n) is 18.7. The third-order valence-corrected chi connectivity index (χ3v) is 8.14. The first-order chi connectivity index (χ1) is 16.0. The maximum absolute atomic E-state index is 12.7. The van der Waals surface area contributed by atoms with Crippen molar-refractivity contribution in [1.82, 2.24) is 10.6 Å². The number of amides is 1. The minimum atomic E-state index is -1.19. The van der Waals surface area contributed by atoms with Gasteiger partial charge in [-0.05, 0) is 37.5 Å². The number of aliphatic hydroxyl groups is 1. The molecule has 2 fully saturated rings. The number of carbonyl (C=O) groups excluding carboxylic acids is 1. The van der Waals surface area contributed by atoms with Crippen molar-refractivity contribution in [2.24, 2.45) is 11.8 Å². The molecule has 2 heterocycles. The summed E-state index contributed by atoms with van der Waals surface area (Å²) in [5, 5.41) is 46.5. The predicted molar refractivity (Wildman–Crippen MR) is 124 cm³/mol. The average molecular weight is 496 g/mol. The van der Waals surface area contributed by atoms with Gasteiger partial charge < -0.3 is 31.1 Å². The van der Waals surface area contributed by atoms with Crippen molar-refractivity contribution in [3.05, 3.63) is 29.8 Å². The second-order valence-electron chi connectivity index (χ2n) is 8.77. The van der Waals surface area contributed by atoms with E-state index >= 15 is 0 Å². The van der Waals surface area contributed by atoms with Crippen LogP contribution in [0, 0.1) is 11.8 Å². The van der Waals surface area contributed by atoms with Crippen molar-refractivity contribution in [2.75, 3.05) is 11.9 Å². The van der Waals surface area contributed by atoms with Crippen LogP contribution in [0.25, 0.3) is 0 Å². The number of carboxylic acid groups (broad SMARTS) is 3. The van der Waals surface area contributed by atoms with Crippen LogP contribution < -0.4 is 16.0 Å². The maximum Gasteiger partial charge on any atom is 0.335 e. The van der Waals surface area contributed by atoms with Crippen molar-refractivity contribution >= 4 is 41.3 Å². The Morgan fingerprint density at radius 2 is 1.88 bits per heavy atom. The third-order valence-electron chi connectivity index (χ3n) is 6.38. The van der Waals surface area contributed by atoms with E-state index in [1.807, 2.05) is 0 Å². The lowest BCUT2D eigenvalue weighted by molar-refractivity contribution is -0.147. The van der Waals surface area contributed by atoms with Gasteiger partial charge in [-0.15, -0.1) is 0 Å². The Kier molecular flexibility index (Phi) is 8.18. The number of hydrogen-bond acceptors (Lipinski definition) is 8. The molecule has 2 aliphatic heterocycles. The Bertz CT molecular complexity index is 958. The molecule has 0 spiro atoms. The highest BCUT2D eigenvalue weighted by atomic mass is 32.2. The monoisotopic (exact) mass is 495 g/mol. The van der Waals surface area contributed by atoms with Gasteiger partial charge in [0.15, 0.2) is 0 Å². The molecule has 12 heteroatoms. The Morgan fingerprint density at radius 3 is 2.47 bits per heavy atom. The second-order valence-corrected chi connectivity index (χ2v) is 10.2. The van der Waals surface area contributed by atoms with Crippen LogP contribution in [-0.2, 0) is 14.4 Å². The Hall–Kier alpha value is -2.67. The second kappa shape index (κ2) is 10.7. The lowest BCUT2D eigenvalue weighted by Gasteiger charge is -2.27. The fourth-order valence-corrected chi connectivity index (χ4v) is 6.36. The largest absolute Gasteiger partial charge is 0.481 e. The summed E-state index contributed by atoms with van der Waals surface area (Å²) in [5.41, 5.74) is 0.419. The maximum atomic E-state index is 12.7. The van der Waals surface area contributed by atoms with Gasteiger partial charge in [0.2, 0.25) is 5.91 Å². The molecular weight excluding hydrogens is 466 g/mol. The van der Waals surface area contributed by atoms with Crippen LogP contribution in [0.2, 0.25) is 0 Å². The molecule has 0 aromatic heterocycles. The highest BCUT2D eigenvalue weighted by molar-refractivity contribution is 8.00. The number of rotatable bonds is 9. The van der Waals surface area contributed by atoms with Crippen LogP contribution in [0.4, 0.5) is 5.69 Å². The van der Waals surface area contributed by atoms with Crippen molar-refractivity contribution in [1.29, 1.82) is 0 Å². The minimum Gasteiger partial charge on any atom is -0.481 e. The molecule has 2 saturated heterocycles. The standard InChI is InChI=1S/C22H29N3O8S/c1-9-16(15(10(2)26)21(30)31)25-17(22(32)33)18(9)34-13-7-14(23-8-13)19(27)24-12-5-3-4-11(6-12)20(28)29/h3-6,9-10,13-18,23,25-26H,7-8H2,1-2H3,(H,24,27)(H,28,29)(H,30,31)(H,32,33)/t9-,10-,13+,14+,15-,16-,17?,18-/m1/s1. The molecule has 8 atom stereocenters. The fourth-order valence-electron chi connectivity index (χ4n) is 4.66. The summed E-state index contributed by atoms with van der Waals surface area (Å²) < 4.78 is 0. The summed E-state index contributed by atoms with van der Waals surface area (Å²) in [6.45, 7) is 3.61. The summed E-state index contributed by atoms with van der Waals surface area (Å²) in [6.07, 6.45) is -0.731. The van der Waals surface area contributed by atoms with Gasteiger partial charge >= 0.3 is 17.9 Å². The van der Waals surface area contributed by atoms with Crippen LogP contribution in [0.3, 0.4) is 0 Å². The summed E-state index contributed by atoms with van der Waals surface area (Å²) in [5.74, 6) is -5.22. The number of carboxylic acids is 3. The van der Waals surface area contributed by atoms with Gasteiger partial charge in [0.1, 0.15) is 6.04 Å². The first-order valence-corrected chi connectivity index (χ1v) is 11.9. The van der Waals surface area contributed by atoms with Gasteiger partial charge in [-0.3, -0.25) is 19.7 Å². The number of thioether (sulfide) groups is 1. The van der Waals surface area contributed by atoms with Crippen molar-refractivity contribution in [3.8, 4) is 0 Å². The van der Waals surface area contributed by atoms with E-state index in [0.717, 1.165) is 0 Å². The minimum absolute atomic E-state index is 0.0551. The van der Waals surface area contributed by atoms with E-state index in [9.17, 15) is 34.5 Å². The first-order valence-electron chi connectivity index (χ1n) is 10.9. The van der Waals surface area contributed by atoms with Gasteiger partial charge in [-0.2, -0.15) is 11.8 Å². The molecule has 1 aromatic rings. The molecule has 34 heavy (non-hydrogen) atoms. The number of carbonyl (C=O) groups is 4. The molecule has 186 valence electrons. The third kappa shape index (κ3) is 5.69. The van der Waals surface area contributed by atoms with E-state index in [1.54, 1.807) is 13.0 Å². The number of aromatic carboxylic acids is 1. The lowest BCUT2D eigenvalue weighted by Crippen LogP contribution is -2.47. The molecule has 11 nitrogen and oxygen atoms in total. The topological polar surface area (TPSA) is 185 Å². The van der Waals surface area contributed by atoms with Gasteiger partial charge in [-0.1, -0.05) is 13.0 Å².